The Morgan fingerprint density at radius 3 is 2.91 bits per heavy atom. The van der Waals surface area contributed by atoms with Crippen LogP contribution in [-0.2, 0) is 20.9 Å². The van der Waals surface area contributed by atoms with Crippen molar-refractivity contribution in [2.24, 2.45) is 17.3 Å². The highest BCUT2D eigenvalue weighted by atomic mass is 127. The Labute approximate surface area is 154 Å². The van der Waals surface area contributed by atoms with E-state index in [1.165, 1.54) is 11.8 Å². The molecule has 3 nitrogen and oxygen atoms in total. The Bertz CT molecular complexity index is 681. The molecule has 122 valence electrons. The molecule has 0 unspecified atom stereocenters. The topological polar surface area (TPSA) is 43.4 Å². The summed E-state index contributed by atoms with van der Waals surface area (Å²) in [6.45, 7) is 4.44. The van der Waals surface area contributed by atoms with Crippen molar-refractivity contribution >= 4 is 45.4 Å². The minimum Gasteiger partial charge on any atom is -0.461 e. The summed E-state index contributed by atoms with van der Waals surface area (Å²) in [5, 5.41) is 0.165. The molecule has 1 aliphatic heterocycles. The monoisotopic (exact) mass is 442 g/mol. The quantitative estimate of drug-likeness (QED) is 0.399. The molecular weight excluding hydrogens is 423 g/mol. The molecule has 0 amide bonds. The molecular formula is C18H19IO3S. The second-order valence-corrected chi connectivity index (χ2v) is 8.95. The largest absolute Gasteiger partial charge is 0.461 e. The first-order chi connectivity index (χ1) is 10.9. The molecule has 1 aromatic carbocycles. The van der Waals surface area contributed by atoms with Gasteiger partial charge in [0.25, 0.3) is 0 Å². The standard InChI is InChI=1S/C18H19IO3S/c1-18(2)14(9-12-6-7-23-17(12)21)15(18)16(20)22-10-11-4-3-5-13(19)8-11/h3-5,8-9,14-15H,6-7,10H2,1-2H3/b12-9+/t14-,15-/m0/s1. The molecule has 5 heteroatoms. The van der Waals surface area contributed by atoms with E-state index in [1.807, 2.05) is 30.3 Å². The van der Waals surface area contributed by atoms with Gasteiger partial charge in [-0.2, -0.15) is 0 Å². The first kappa shape index (κ1) is 17.0. The summed E-state index contributed by atoms with van der Waals surface area (Å²) < 4.78 is 6.63. The molecule has 3 rings (SSSR count). The Morgan fingerprint density at radius 1 is 1.48 bits per heavy atom. The zero-order valence-corrected chi connectivity index (χ0v) is 16.1. The normalized spacial score (nSPS) is 27.3. The minimum absolute atomic E-state index is 0.114. The lowest BCUT2D eigenvalue weighted by atomic mass is 10.1. The van der Waals surface area contributed by atoms with Gasteiger partial charge in [-0.25, -0.2) is 0 Å². The fourth-order valence-electron chi connectivity index (χ4n) is 3.13. The van der Waals surface area contributed by atoms with E-state index < -0.39 is 0 Å². The van der Waals surface area contributed by atoms with Gasteiger partial charge in [0.15, 0.2) is 0 Å². The molecule has 1 saturated heterocycles. The summed E-state index contributed by atoms with van der Waals surface area (Å²) in [5.41, 5.74) is 1.75. The smallest absolute Gasteiger partial charge is 0.310 e. The number of allylic oxidation sites excluding steroid dienone is 1. The number of hydrogen-bond donors (Lipinski definition) is 0. The first-order valence-electron chi connectivity index (χ1n) is 7.68. The van der Waals surface area contributed by atoms with Crippen LogP contribution in [0.5, 0.6) is 0 Å². The Balaban J connectivity index is 1.62. The van der Waals surface area contributed by atoms with Gasteiger partial charge in [-0.15, -0.1) is 0 Å². The average molecular weight is 442 g/mol. The van der Waals surface area contributed by atoms with Crippen LogP contribution in [0.4, 0.5) is 0 Å². The van der Waals surface area contributed by atoms with Gasteiger partial charge in [-0.3, -0.25) is 9.59 Å². The van der Waals surface area contributed by atoms with Crippen LogP contribution in [0.2, 0.25) is 0 Å². The number of rotatable bonds is 4. The Hall–Kier alpha value is -0.820. The second-order valence-electron chi connectivity index (χ2n) is 6.64. The van der Waals surface area contributed by atoms with Crippen molar-refractivity contribution in [3.8, 4) is 0 Å². The van der Waals surface area contributed by atoms with E-state index in [-0.39, 0.29) is 28.3 Å². The molecule has 1 aromatic rings. The molecule has 0 spiro atoms. The lowest BCUT2D eigenvalue weighted by Gasteiger charge is -2.06. The van der Waals surface area contributed by atoms with Gasteiger partial charge >= 0.3 is 5.97 Å². The third-order valence-electron chi connectivity index (χ3n) is 4.68. The molecule has 1 saturated carbocycles. The van der Waals surface area contributed by atoms with Crippen LogP contribution in [0.25, 0.3) is 0 Å². The molecule has 1 heterocycles. The second kappa shape index (κ2) is 6.59. The van der Waals surface area contributed by atoms with Crippen LogP contribution < -0.4 is 0 Å². The van der Waals surface area contributed by atoms with Gasteiger partial charge in [0, 0.05) is 14.9 Å². The third kappa shape index (κ3) is 3.65. The fraction of sp³-hybridized carbons (Fsp3) is 0.444. The van der Waals surface area contributed by atoms with E-state index in [9.17, 15) is 9.59 Å². The summed E-state index contributed by atoms with van der Waals surface area (Å²) in [7, 11) is 0. The predicted octanol–water partition coefficient (Wildman–Crippen LogP) is 4.20. The van der Waals surface area contributed by atoms with Gasteiger partial charge in [-0.1, -0.05) is 43.8 Å². The molecule has 2 atom stereocenters. The molecule has 0 aromatic heterocycles. The van der Waals surface area contributed by atoms with Crippen molar-refractivity contribution in [3.63, 3.8) is 0 Å². The number of carbonyl (C=O) groups is 2. The summed E-state index contributed by atoms with van der Waals surface area (Å²) in [6.07, 6.45) is 2.83. The highest BCUT2D eigenvalue weighted by Crippen LogP contribution is 2.60. The van der Waals surface area contributed by atoms with E-state index in [0.717, 1.165) is 26.9 Å². The number of halogens is 1. The Kier molecular flexibility index (Phi) is 4.88. The number of carbonyl (C=O) groups excluding carboxylic acids is 2. The van der Waals surface area contributed by atoms with E-state index in [1.54, 1.807) is 0 Å². The van der Waals surface area contributed by atoms with Gasteiger partial charge in [0.2, 0.25) is 5.12 Å². The van der Waals surface area contributed by atoms with Crippen LogP contribution in [-0.4, -0.2) is 16.8 Å². The van der Waals surface area contributed by atoms with Crippen molar-refractivity contribution in [1.29, 1.82) is 0 Å². The number of thioether (sulfide) groups is 1. The lowest BCUT2D eigenvalue weighted by Crippen LogP contribution is -2.10. The van der Waals surface area contributed by atoms with Crippen molar-refractivity contribution in [2.75, 3.05) is 5.75 Å². The molecule has 2 aliphatic rings. The SMILES string of the molecule is CC1(C)[C@H](C(=O)OCc2cccc(I)c2)[C@@H]1/C=C1\CCSC1=O. The van der Waals surface area contributed by atoms with Crippen LogP contribution in [0, 0.1) is 20.8 Å². The van der Waals surface area contributed by atoms with Crippen LogP contribution in [0.1, 0.15) is 25.8 Å². The van der Waals surface area contributed by atoms with Gasteiger partial charge in [-0.05, 0) is 58.0 Å². The molecule has 0 bridgehead atoms. The van der Waals surface area contributed by atoms with Crippen LogP contribution in [0.15, 0.2) is 35.9 Å². The van der Waals surface area contributed by atoms with Crippen molar-refractivity contribution < 1.29 is 14.3 Å². The number of hydrogen-bond acceptors (Lipinski definition) is 4. The maximum atomic E-state index is 12.4. The van der Waals surface area contributed by atoms with E-state index in [0.29, 0.717) is 6.61 Å². The van der Waals surface area contributed by atoms with E-state index in [4.69, 9.17) is 4.74 Å². The Morgan fingerprint density at radius 2 is 2.26 bits per heavy atom. The maximum Gasteiger partial charge on any atom is 0.310 e. The maximum absolute atomic E-state index is 12.4. The number of ether oxygens (including phenoxy) is 1. The third-order valence-corrected chi connectivity index (χ3v) is 6.29. The molecule has 0 N–H and O–H groups in total. The molecule has 1 aliphatic carbocycles. The fourth-order valence-corrected chi connectivity index (χ4v) is 4.60. The van der Waals surface area contributed by atoms with Gasteiger partial charge in [0.1, 0.15) is 6.61 Å². The summed E-state index contributed by atoms with van der Waals surface area (Å²) in [4.78, 5) is 24.1. The predicted molar refractivity (Wildman–Crippen MR) is 99.9 cm³/mol. The van der Waals surface area contributed by atoms with Gasteiger partial charge in [0.05, 0.1) is 5.92 Å². The van der Waals surface area contributed by atoms with Crippen LogP contribution in [0.3, 0.4) is 0 Å². The summed E-state index contributed by atoms with van der Waals surface area (Å²) >= 11 is 3.61. The number of benzene rings is 1. The van der Waals surface area contributed by atoms with E-state index in [2.05, 4.69) is 36.4 Å². The molecule has 0 radical (unpaired) electrons. The zero-order valence-electron chi connectivity index (χ0n) is 13.2. The summed E-state index contributed by atoms with van der Waals surface area (Å²) in [5.74, 6) is 0.674. The molecule has 2 fully saturated rings. The number of esters is 1. The van der Waals surface area contributed by atoms with Crippen LogP contribution >= 0.6 is 34.4 Å². The van der Waals surface area contributed by atoms with Gasteiger partial charge < -0.3 is 4.74 Å². The highest BCUT2D eigenvalue weighted by Gasteiger charge is 2.61. The molecule has 23 heavy (non-hydrogen) atoms. The van der Waals surface area contributed by atoms with Crippen molar-refractivity contribution in [1.82, 2.24) is 0 Å². The minimum atomic E-state index is -0.159. The average Bonchev–Trinajstić information content (AvgIpc) is 2.81. The zero-order chi connectivity index (χ0) is 16.6. The van der Waals surface area contributed by atoms with Crippen molar-refractivity contribution in [3.05, 3.63) is 45.0 Å². The summed E-state index contributed by atoms with van der Waals surface area (Å²) in [6, 6.07) is 7.94. The van der Waals surface area contributed by atoms with E-state index >= 15 is 0 Å². The highest BCUT2D eigenvalue weighted by molar-refractivity contribution is 14.1. The van der Waals surface area contributed by atoms with Crippen molar-refractivity contribution in [2.45, 2.75) is 26.9 Å². The lowest BCUT2D eigenvalue weighted by molar-refractivity contribution is -0.147. The first-order valence-corrected chi connectivity index (χ1v) is 9.75.